The molecule has 1 aromatic heterocycles. The number of methoxy groups -OCH3 is 1. The molecule has 0 N–H and O–H groups in total. The lowest BCUT2D eigenvalue weighted by molar-refractivity contribution is -0.0531. The van der Waals surface area contributed by atoms with Gasteiger partial charge in [0.25, 0.3) is 0 Å². The first-order chi connectivity index (χ1) is 9.92. The van der Waals surface area contributed by atoms with Crippen LogP contribution in [-0.2, 0) is 11.2 Å². The predicted octanol–water partition coefficient (Wildman–Crippen LogP) is 4.89. The molecule has 0 saturated carbocycles. The molecule has 0 radical (unpaired) electrons. The van der Waals surface area contributed by atoms with Crippen molar-refractivity contribution in [1.82, 2.24) is 4.98 Å². The van der Waals surface area contributed by atoms with Crippen LogP contribution in [-0.4, -0.2) is 24.3 Å². The molecular weight excluding hydrogens is 274 g/mol. The number of hydrogen-bond acceptors (Lipinski definition) is 3. The molecule has 0 aromatic carbocycles. The maximum atomic E-state index is 5.99. The van der Waals surface area contributed by atoms with Crippen molar-refractivity contribution in [2.75, 3.05) is 13.7 Å². The van der Waals surface area contributed by atoms with Gasteiger partial charge in [-0.05, 0) is 56.6 Å². The highest BCUT2D eigenvalue weighted by Gasteiger charge is 2.30. The summed E-state index contributed by atoms with van der Waals surface area (Å²) in [5.41, 5.74) is 1.34. The van der Waals surface area contributed by atoms with E-state index in [0.29, 0.717) is 0 Å². The van der Waals surface area contributed by atoms with E-state index < -0.39 is 0 Å². The molecule has 0 saturated heterocycles. The van der Waals surface area contributed by atoms with Gasteiger partial charge in [0.2, 0.25) is 0 Å². The average molecular weight is 307 g/mol. The highest BCUT2D eigenvalue weighted by Crippen LogP contribution is 2.37. The summed E-state index contributed by atoms with van der Waals surface area (Å²) in [6.07, 6.45) is 3.83. The number of hydrogen-bond donors (Lipinski definition) is 0. The third-order valence-electron chi connectivity index (χ3n) is 3.55. The Hall–Kier alpha value is -1.09. The van der Waals surface area contributed by atoms with Crippen LogP contribution < -0.4 is 4.74 Å². The third-order valence-corrected chi connectivity index (χ3v) is 3.55. The van der Waals surface area contributed by atoms with Crippen LogP contribution in [0.2, 0.25) is 0 Å². The van der Waals surface area contributed by atoms with Gasteiger partial charge in [-0.25, -0.2) is 0 Å². The van der Waals surface area contributed by atoms with Gasteiger partial charge in [0.05, 0.1) is 25.5 Å². The Balaban J connectivity index is 2.64. The highest BCUT2D eigenvalue weighted by atomic mass is 16.5. The first-order valence-electron chi connectivity index (χ1n) is 8.05. The third kappa shape index (κ3) is 7.26. The molecule has 1 heterocycles. The maximum absolute atomic E-state index is 5.99. The minimum Gasteiger partial charge on any atom is -0.495 e. The summed E-state index contributed by atoms with van der Waals surface area (Å²) in [5.74, 6) is 0.806. The fraction of sp³-hybridized carbons (Fsp3) is 0.737. The second kappa shape index (κ2) is 6.99. The van der Waals surface area contributed by atoms with Crippen molar-refractivity contribution in [2.45, 2.75) is 66.9 Å². The first kappa shape index (κ1) is 19.0. The van der Waals surface area contributed by atoms with Crippen molar-refractivity contribution in [3.63, 3.8) is 0 Å². The number of aromatic nitrogens is 1. The van der Waals surface area contributed by atoms with Crippen LogP contribution in [0.15, 0.2) is 18.3 Å². The van der Waals surface area contributed by atoms with Gasteiger partial charge in [-0.3, -0.25) is 4.98 Å². The quantitative estimate of drug-likeness (QED) is 0.718. The average Bonchev–Trinajstić information content (AvgIpc) is 2.35. The summed E-state index contributed by atoms with van der Waals surface area (Å²) in [4.78, 5) is 4.49. The second-order valence-corrected chi connectivity index (χ2v) is 8.77. The van der Waals surface area contributed by atoms with E-state index in [0.717, 1.165) is 30.9 Å². The lowest BCUT2D eigenvalue weighted by Crippen LogP contribution is -2.32. The largest absolute Gasteiger partial charge is 0.495 e. The molecule has 3 nitrogen and oxygen atoms in total. The van der Waals surface area contributed by atoms with Crippen molar-refractivity contribution < 1.29 is 9.47 Å². The van der Waals surface area contributed by atoms with Crippen LogP contribution in [0.4, 0.5) is 0 Å². The van der Waals surface area contributed by atoms with Crippen LogP contribution >= 0.6 is 0 Å². The molecule has 0 atom stereocenters. The van der Waals surface area contributed by atoms with E-state index in [-0.39, 0.29) is 16.4 Å². The SMILES string of the molecule is COc1ccc(CC(C)(C)CC(C)(C)COC(C)(C)C)nc1. The van der Waals surface area contributed by atoms with E-state index >= 15 is 0 Å². The number of nitrogens with zero attached hydrogens (tertiary/aromatic N) is 1. The summed E-state index contributed by atoms with van der Waals surface area (Å²) in [7, 11) is 1.67. The number of pyridine rings is 1. The molecule has 0 amide bonds. The molecule has 3 heteroatoms. The van der Waals surface area contributed by atoms with Crippen LogP contribution in [0.25, 0.3) is 0 Å². The fourth-order valence-electron chi connectivity index (χ4n) is 2.95. The van der Waals surface area contributed by atoms with Gasteiger partial charge < -0.3 is 9.47 Å². The zero-order valence-corrected chi connectivity index (χ0v) is 15.6. The number of ether oxygens (including phenoxy) is 2. The van der Waals surface area contributed by atoms with Gasteiger partial charge in [0, 0.05) is 5.69 Å². The second-order valence-electron chi connectivity index (χ2n) is 8.77. The van der Waals surface area contributed by atoms with Gasteiger partial charge in [0.1, 0.15) is 5.75 Å². The highest BCUT2D eigenvalue weighted by molar-refractivity contribution is 5.20. The summed E-state index contributed by atoms with van der Waals surface area (Å²) in [6, 6.07) is 4.03. The first-order valence-corrected chi connectivity index (χ1v) is 8.05. The molecular formula is C19H33NO2. The molecule has 1 rings (SSSR count). The molecule has 0 aliphatic carbocycles. The minimum atomic E-state index is -0.0844. The Bertz CT molecular complexity index is 455. The monoisotopic (exact) mass is 307 g/mol. The van der Waals surface area contributed by atoms with Crippen molar-refractivity contribution >= 4 is 0 Å². The normalized spacial score (nSPS) is 13.3. The number of rotatable bonds is 7. The summed E-state index contributed by atoms with van der Waals surface area (Å²) in [6.45, 7) is 16.3. The van der Waals surface area contributed by atoms with Gasteiger partial charge in [-0.1, -0.05) is 27.7 Å². The smallest absolute Gasteiger partial charge is 0.137 e. The maximum Gasteiger partial charge on any atom is 0.137 e. The van der Waals surface area contributed by atoms with E-state index in [1.54, 1.807) is 13.3 Å². The Kier molecular flexibility index (Phi) is 6.03. The van der Waals surface area contributed by atoms with E-state index in [1.165, 1.54) is 0 Å². The van der Waals surface area contributed by atoms with E-state index in [2.05, 4.69) is 59.5 Å². The molecule has 22 heavy (non-hydrogen) atoms. The summed E-state index contributed by atoms with van der Waals surface area (Å²) >= 11 is 0. The Morgan fingerprint density at radius 2 is 1.59 bits per heavy atom. The Morgan fingerprint density at radius 1 is 0.955 bits per heavy atom. The Morgan fingerprint density at radius 3 is 2.05 bits per heavy atom. The van der Waals surface area contributed by atoms with E-state index in [4.69, 9.17) is 9.47 Å². The van der Waals surface area contributed by atoms with Gasteiger partial charge >= 0.3 is 0 Å². The topological polar surface area (TPSA) is 31.4 Å². The molecule has 0 bridgehead atoms. The Labute approximate surface area is 136 Å². The lowest BCUT2D eigenvalue weighted by Gasteiger charge is -2.36. The predicted molar refractivity (Wildman–Crippen MR) is 92.4 cm³/mol. The van der Waals surface area contributed by atoms with Crippen LogP contribution in [0.1, 0.15) is 60.6 Å². The van der Waals surface area contributed by atoms with Crippen molar-refractivity contribution in [3.8, 4) is 5.75 Å². The molecule has 0 unspecified atom stereocenters. The summed E-state index contributed by atoms with van der Waals surface area (Å²) in [5, 5.41) is 0. The van der Waals surface area contributed by atoms with Crippen molar-refractivity contribution in [3.05, 3.63) is 24.0 Å². The molecule has 0 aliphatic rings. The molecule has 0 fully saturated rings. The fourth-order valence-corrected chi connectivity index (χ4v) is 2.95. The molecule has 0 spiro atoms. The van der Waals surface area contributed by atoms with E-state index in [1.807, 2.05) is 6.07 Å². The van der Waals surface area contributed by atoms with Gasteiger partial charge in [-0.2, -0.15) is 0 Å². The lowest BCUT2D eigenvalue weighted by atomic mass is 9.73. The van der Waals surface area contributed by atoms with Crippen LogP contribution in [0, 0.1) is 10.8 Å². The van der Waals surface area contributed by atoms with E-state index in [9.17, 15) is 0 Å². The zero-order valence-electron chi connectivity index (χ0n) is 15.6. The van der Waals surface area contributed by atoms with Gasteiger partial charge in [-0.15, -0.1) is 0 Å². The summed E-state index contributed by atoms with van der Waals surface area (Å²) < 4.78 is 11.2. The molecule has 1 aromatic rings. The van der Waals surface area contributed by atoms with Crippen LogP contribution in [0.5, 0.6) is 5.75 Å². The molecule has 0 aliphatic heterocycles. The minimum absolute atomic E-state index is 0.0844. The van der Waals surface area contributed by atoms with Crippen molar-refractivity contribution in [2.24, 2.45) is 10.8 Å². The standard InChI is InChI=1S/C19H33NO2/c1-17(2,3)22-14-19(6,7)13-18(4,5)11-15-9-10-16(21-8)12-20-15/h9-10,12H,11,13-14H2,1-8H3. The van der Waals surface area contributed by atoms with Crippen molar-refractivity contribution in [1.29, 1.82) is 0 Å². The van der Waals surface area contributed by atoms with Crippen LogP contribution in [0.3, 0.4) is 0 Å². The van der Waals surface area contributed by atoms with Gasteiger partial charge in [0.15, 0.2) is 0 Å². The zero-order chi connectivity index (χ0) is 17.0. The molecule has 126 valence electrons.